The molecule has 2 N–H and O–H groups in total. The van der Waals surface area contributed by atoms with Gasteiger partial charge < -0.3 is 10.5 Å². The third-order valence-corrected chi connectivity index (χ3v) is 3.69. The van der Waals surface area contributed by atoms with Gasteiger partial charge >= 0.3 is 0 Å². The molecule has 1 aromatic carbocycles. The summed E-state index contributed by atoms with van der Waals surface area (Å²) in [4.78, 5) is 0. The van der Waals surface area contributed by atoms with Crippen LogP contribution in [0.2, 0.25) is 5.02 Å². The zero-order valence-electron chi connectivity index (χ0n) is 9.44. The average Bonchev–Trinajstić information content (AvgIpc) is 3.06. The highest BCUT2D eigenvalue weighted by Crippen LogP contribution is 2.52. The van der Waals surface area contributed by atoms with Gasteiger partial charge in [-0.25, -0.2) is 4.39 Å². The van der Waals surface area contributed by atoms with E-state index < -0.39 is 5.82 Å². The Hall–Kier alpha value is -0.800. The van der Waals surface area contributed by atoms with Crippen LogP contribution in [0.25, 0.3) is 0 Å². The van der Waals surface area contributed by atoms with Crippen molar-refractivity contribution in [2.45, 2.75) is 25.2 Å². The first-order chi connectivity index (χ1) is 7.55. The van der Waals surface area contributed by atoms with Crippen LogP contribution in [0.4, 0.5) is 4.39 Å². The number of hydrogen-bond acceptors (Lipinski definition) is 2. The summed E-state index contributed by atoms with van der Waals surface area (Å²) in [6.07, 6.45) is 2.03. The Morgan fingerprint density at radius 2 is 2.19 bits per heavy atom. The molecule has 4 heteroatoms. The number of halogens is 2. The lowest BCUT2D eigenvalue weighted by Gasteiger charge is -2.19. The maximum atomic E-state index is 13.6. The van der Waals surface area contributed by atoms with E-state index in [1.807, 2.05) is 0 Å². The summed E-state index contributed by atoms with van der Waals surface area (Å²) in [5, 5.41) is 0.146. The van der Waals surface area contributed by atoms with Gasteiger partial charge in [0.2, 0.25) is 0 Å². The molecule has 0 heterocycles. The highest BCUT2D eigenvalue weighted by molar-refractivity contribution is 6.31. The molecule has 0 amide bonds. The van der Waals surface area contributed by atoms with Crippen LogP contribution in [0.5, 0.6) is 5.75 Å². The fourth-order valence-corrected chi connectivity index (χ4v) is 2.38. The topological polar surface area (TPSA) is 35.2 Å². The summed E-state index contributed by atoms with van der Waals surface area (Å²) >= 11 is 5.87. The van der Waals surface area contributed by atoms with Crippen molar-refractivity contribution in [1.82, 2.24) is 0 Å². The summed E-state index contributed by atoms with van der Waals surface area (Å²) in [5.41, 5.74) is 7.13. The molecule has 0 spiro atoms. The summed E-state index contributed by atoms with van der Waals surface area (Å²) < 4.78 is 18.9. The summed E-state index contributed by atoms with van der Waals surface area (Å²) in [7, 11) is 1.55. The minimum absolute atomic E-state index is 0.0482. The van der Waals surface area contributed by atoms with E-state index in [0.29, 0.717) is 17.9 Å². The van der Waals surface area contributed by atoms with E-state index in [-0.39, 0.29) is 10.4 Å². The molecular weight excluding hydrogens is 229 g/mol. The maximum Gasteiger partial charge on any atom is 0.148 e. The fourth-order valence-electron chi connectivity index (χ4n) is 2.13. The first-order valence-electron chi connectivity index (χ1n) is 5.29. The molecule has 0 bridgehead atoms. The van der Waals surface area contributed by atoms with Crippen LogP contribution >= 0.6 is 11.6 Å². The molecule has 0 atom stereocenters. The maximum absolute atomic E-state index is 13.6. The molecule has 0 aromatic heterocycles. The van der Waals surface area contributed by atoms with Crippen LogP contribution in [0.1, 0.15) is 24.0 Å². The van der Waals surface area contributed by atoms with Crippen LogP contribution in [0.15, 0.2) is 6.07 Å². The zero-order chi connectivity index (χ0) is 11.9. The lowest BCUT2D eigenvalue weighted by molar-refractivity contribution is 0.396. The van der Waals surface area contributed by atoms with E-state index in [0.717, 1.165) is 18.4 Å². The Kier molecular flexibility index (Phi) is 2.84. The van der Waals surface area contributed by atoms with Crippen molar-refractivity contribution in [3.05, 3.63) is 28.0 Å². The van der Waals surface area contributed by atoms with Gasteiger partial charge in [-0.15, -0.1) is 0 Å². The second-order valence-electron chi connectivity index (χ2n) is 4.36. The predicted molar refractivity (Wildman–Crippen MR) is 62.7 cm³/mol. The van der Waals surface area contributed by atoms with Crippen molar-refractivity contribution in [3.8, 4) is 5.75 Å². The van der Waals surface area contributed by atoms with Crippen molar-refractivity contribution >= 4 is 11.6 Å². The third kappa shape index (κ3) is 1.59. The van der Waals surface area contributed by atoms with Gasteiger partial charge in [0.15, 0.2) is 0 Å². The lowest BCUT2D eigenvalue weighted by atomic mass is 9.93. The van der Waals surface area contributed by atoms with Crippen molar-refractivity contribution in [2.24, 2.45) is 5.73 Å². The molecule has 1 aromatic rings. The van der Waals surface area contributed by atoms with Crippen LogP contribution in [0, 0.1) is 12.7 Å². The van der Waals surface area contributed by atoms with Gasteiger partial charge in [0.1, 0.15) is 11.6 Å². The fraction of sp³-hybridized carbons (Fsp3) is 0.500. The zero-order valence-corrected chi connectivity index (χ0v) is 10.2. The van der Waals surface area contributed by atoms with Gasteiger partial charge in [-0.05, 0) is 25.8 Å². The Bertz CT molecular complexity index is 430. The molecule has 0 saturated heterocycles. The minimum Gasteiger partial charge on any atom is -0.496 e. The van der Waals surface area contributed by atoms with E-state index in [9.17, 15) is 4.39 Å². The minimum atomic E-state index is -0.407. The molecule has 16 heavy (non-hydrogen) atoms. The molecule has 1 aliphatic rings. The molecular formula is C12H15ClFNO. The second kappa shape index (κ2) is 3.90. The van der Waals surface area contributed by atoms with Gasteiger partial charge in [0.05, 0.1) is 12.1 Å². The third-order valence-electron chi connectivity index (χ3n) is 3.41. The largest absolute Gasteiger partial charge is 0.496 e. The second-order valence-corrected chi connectivity index (χ2v) is 4.77. The normalized spacial score (nSPS) is 17.3. The smallest absolute Gasteiger partial charge is 0.148 e. The molecule has 1 aliphatic carbocycles. The molecule has 1 saturated carbocycles. The highest BCUT2D eigenvalue weighted by atomic mass is 35.5. The van der Waals surface area contributed by atoms with Crippen LogP contribution in [0.3, 0.4) is 0 Å². The van der Waals surface area contributed by atoms with E-state index in [1.54, 1.807) is 20.1 Å². The Morgan fingerprint density at radius 1 is 1.56 bits per heavy atom. The number of ether oxygens (including phenoxy) is 1. The number of nitrogens with two attached hydrogens (primary N) is 1. The average molecular weight is 244 g/mol. The summed E-state index contributed by atoms with van der Waals surface area (Å²) in [6, 6.07) is 1.66. The quantitative estimate of drug-likeness (QED) is 0.886. The van der Waals surface area contributed by atoms with Crippen LogP contribution in [-0.2, 0) is 5.41 Å². The van der Waals surface area contributed by atoms with E-state index in [1.165, 1.54) is 0 Å². The Balaban J connectivity index is 2.61. The molecule has 0 radical (unpaired) electrons. The SMILES string of the molecule is COc1c(C2(CN)CC2)cc(Cl)c(F)c1C. The standard InChI is InChI=1S/C12H15ClFNO/c1-7-10(14)9(13)5-8(11(7)16-2)12(6-15)3-4-12/h5H,3-4,6,15H2,1-2H3. The molecule has 2 rings (SSSR count). The lowest BCUT2D eigenvalue weighted by Crippen LogP contribution is -2.21. The Morgan fingerprint density at radius 3 is 2.62 bits per heavy atom. The van der Waals surface area contributed by atoms with Crippen molar-refractivity contribution in [2.75, 3.05) is 13.7 Å². The van der Waals surface area contributed by atoms with Crippen LogP contribution in [-0.4, -0.2) is 13.7 Å². The predicted octanol–water partition coefficient (Wildman–Crippen LogP) is 2.79. The van der Waals surface area contributed by atoms with Crippen molar-refractivity contribution < 1.29 is 9.13 Å². The number of benzene rings is 1. The molecule has 0 aliphatic heterocycles. The molecule has 88 valence electrons. The highest BCUT2D eigenvalue weighted by Gasteiger charge is 2.45. The van der Waals surface area contributed by atoms with Crippen LogP contribution < -0.4 is 10.5 Å². The van der Waals surface area contributed by atoms with E-state index in [2.05, 4.69) is 0 Å². The van der Waals surface area contributed by atoms with E-state index in [4.69, 9.17) is 22.1 Å². The first kappa shape index (κ1) is 11.7. The molecule has 0 unspecified atom stereocenters. The number of methoxy groups -OCH3 is 1. The van der Waals surface area contributed by atoms with Crippen molar-refractivity contribution in [3.63, 3.8) is 0 Å². The van der Waals surface area contributed by atoms with Gasteiger partial charge in [-0.2, -0.15) is 0 Å². The number of rotatable bonds is 3. The van der Waals surface area contributed by atoms with Crippen molar-refractivity contribution in [1.29, 1.82) is 0 Å². The Labute approximate surface area is 99.5 Å². The van der Waals surface area contributed by atoms with Gasteiger partial charge in [0, 0.05) is 23.1 Å². The molecule has 2 nitrogen and oxygen atoms in total. The summed E-state index contributed by atoms with van der Waals surface area (Å²) in [6.45, 7) is 2.22. The van der Waals surface area contributed by atoms with E-state index >= 15 is 0 Å². The summed E-state index contributed by atoms with van der Waals surface area (Å²) in [5.74, 6) is 0.180. The monoisotopic (exact) mass is 243 g/mol. The van der Waals surface area contributed by atoms with Gasteiger partial charge in [-0.1, -0.05) is 11.6 Å². The number of hydrogen-bond donors (Lipinski definition) is 1. The first-order valence-corrected chi connectivity index (χ1v) is 5.66. The molecule has 1 fully saturated rings. The van der Waals surface area contributed by atoms with Gasteiger partial charge in [-0.3, -0.25) is 0 Å². The van der Waals surface area contributed by atoms with Gasteiger partial charge in [0.25, 0.3) is 0 Å².